The van der Waals surface area contributed by atoms with Crippen LogP contribution in [0.15, 0.2) is 0 Å². The second-order valence-corrected chi connectivity index (χ2v) is 3.27. The minimum atomic E-state index is 0. The summed E-state index contributed by atoms with van der Waals surface area (Å²) in [5.41, 5.74) is 4.70. The number of hydrogen-bond acceptors (Lipinski definition) is 2. The van der Waals surface area contributed by atoms with Gasteiger partial charge in [0.1, 0.15) is 0 Å². The van der Waals surface area contributed by atoms with Crippen LogP contribution in [0.3, 0.4) is 0 Å². The van der Waals surface area contributed by atoms with Gasteiger partial charge in [-0.05, 0) is 25.9 Å². The molecule has 0 spiro atoms. The van der Waals surface area contributed by atoms with Crippen molar-refractivity contribution in [1.82, 2.24) is 10.9 Å². The normalized spacial score (nSPS) is 8.80. The number of hydrogen-bond donors (Lipinski definition) is 2. The predicted octanol–water partition coefficient (Wildman–Crippen LogP) is 3.09. The fourth-order valence-electron chi connectivity index (χ4n) is 0.927. The molecule has 5 heteroatoms. The molecule has 0 amide bonds. The zero-order valence-electron chi connectivity index (χ0n) is 10.2. The van der Waals surface area contributed by atoms with Crippen molar-refractivity contribution in [2.24, 2.45) is 0 Å². The Bertz CT molecular complexity index is 65.8. The second-order valence-electron chi connectivity index (χ2n) is 3.27. The van der Waals surface area contributed by atoms with Crippen molar-refractivity contribution in [2.75, 3.05) is 13.1 Å². The average Bonchev–Trinajstić information content (AvgIpc) is 2.21. The molecule has 0 bridgehead atoms. The number of unbranched alkanes of at least 4 members (excludes halogenated alkanes) is 4. The quantitative estimate of drug-likeness (QED) is 0.367. The first kappa shape index (κ1) is 21.1. The van der Waals surface area contributed by atoms with E-state index in [4.69, 9.17) is 11.7 Å². The molecule has 15 heavy (non-hydrogen) atoms. The molecule has 90 valence electrons. The molecular formula is C10H26N4Pb. The Morgan fingerprint density at radius 1 is 0.733 bits per heavy atom. The van der Waals surface area contributed by atoms with Crippen LogP contribution in [0.4, 0.5) is 0 Å². The molecule has 0 fully saturated rings. The summed E-state index contributed by atoms with van der Waals surface area (Å²) >= 11 is 0. The minimum Gasteiger partial charge on any atom is -0.613 e. The van der Waals surface area contributed by atoms with E-state index in [2.05, 4.69) is 24.7 Å². The van der Waals surface area contributed by atoms with Gasteiger partial charge >= 0.3 is 27.3 Å². The van der Waals surface area contributed by atoms with Gasteiger partial charge in [0.05, 0.1) is 0 Å². The smallest absolute Gasteiger partial charge is 0.613 e. The van der Waals surface area contributed by atoms with E-state index in [0.29, 0.717) is 0 Å². The van der Waals surface area contributed by atoms with Crippen LogP contribution >= 0.6 is 0 Å². The molecule has 0 saturated heterocycles. The van der Waals surface area contributed by atoms with Gasteiger partial charge in [-0.1, -0.05) is 39.5 Å². The van der Waals surface area contributed by atoms with Gasteiger partial charge in [0.25, 0.3) is 0 Å². The Morgan fingerprint density at radius 3 is 1.27 bits per heavy atom. The number of nitrogens with one attached hydrogen (secondary N) is 4. The average molecular weight is 410 g/mol. The summed E-state index contributed by atoms with van der Waals surface area (Å²) in [4.78, 5) is 0. The largest absolute Gasteiger partial charge is 2.00 e. The van der Waals surface area contributed by atoms with Crippen molar-refractivity contribution in [2.45, 2.75) is 52.4 Å². The number of rotatable bonds is 8. The maximum Gasteiger partial charge on any atom is 2.00 e. The van der Waals surface area contributed by atoms with E-state index in [1.807, 2.05) is 0 Å². The summed E-state index contributed by atoms with van der Waals surface area (Å²) in [6.45, 7) is 6.00. The molecule has 0 aromatic rings. The second kappa shape index (κ2) is 24.1. The van der Waals surface area contributed by atoms with E-state index in [-0.39, 0.29) is 27.3 Å². The zero-order chi connectivity index (χ0) is 11.1. The van der Waals surface area contributed by atoms with E-state index >= 15 is 0 Å². The van der Waals surface area contributed by atoms with Crippen LogP contribution in [0, 0.1) is 0 Å². The van der Waals surface area contributed by atoms with Gasteiger partial charge in [-0.3, -0.25) is 0 Å². The third kappa shape index (κ3) is 31.3. The predicted molar refractivity (Wildman–Crippen MR) is 69.5 cm³/mol. The van der Waals surface area contributed by atoms with Gasteiger partial charge in [-0.2, -0.15) is 0 Å². The van der Waals surface area contributed by atoms with Gasteiger partial charge in [0.15, 0.2) is 0 Å². The van der Waals surface area contributed by atoms with Gasteiger partial charge < -0.3 is 22.5 Å². The van der Waals surface area contributed by atoms with Crippen molar-refractivity contribution in [1.29, 1.82) is 0 Å². The third-order valence-electron chi connectivity index (χ3n) is 1.81. The van der Waals surface area contributed by atoms with Crippen LogP contribution in [0.25, 0.3) is 11.7 Å². The monoisotopic (exact) mass is 410 g/mol. The standard InChI is InChI=1S/2C5H13N2.Pb/c2*1-2-3-4-5-7-6;/h2*6-7H,2-5H2,1H3;/q2*-1;+2. The van der Waals surface area contributed by atoms with Gasteiger partial charge in [0, 0.05) is 0 Å². The molecule has 0 rings (SSSR count). The van der Waals surface area contributed by atoms with E-state index < -0.39 is 0 Å². The van der Waals surface area contributed by atoms with E-state index in [1.54, 1.807) is 0 Å². The molecule has 0 aromatic heterocycles. The first-order chi connectivity index (χ1) is 6.83. The topological polar surface area (TPSA) is 71.7 Å². The molecule has 0 atom stereocenters. The molecular weight excluding hydrogens is 383 g/mol. The third-order valence-corrected chi connectivity index (χ3v) is 1.81. The summed E-state index contributed by atoms with van der Waals surface area (Å²) in [5.74, 6) is 13.1. The molecule has 4 nitrogen and oxygen atoms in total. The Hall–Kier alpha value is 0.762. The van der Waals surface area contributed by atoms with E-state index in [9.17, 15) is 0 Å². The molecule has 0 aliphatic heterocycles. The molecule has 0 heterocycles. The SMILES string of the molecule is CCCCCN[NH-].CCCCCN[NH-].[Pb+2]. The summed E-state index contributed by atoms with van der Waals surface area (Å²) < 4.78 is 0. The van der Waals surface area contributed by atoms with Crippen LogP contribution in [0.1, 0.15) is 52.4 Å². The molecule has 0 aliphatic carbocycles. The van der Waals surface area contributed by atoms with Crippen LogP contribution in [-0.2, 0) is 0 Å². The molecule has 0 aromatic carbocycles. The maximum absolute atomic E-state index is 6.53. The first-order valence-electron chi connectivity index (χ1n) is 5.62. The van der Waals surface area contributed by atoms with Crippen LogP contribution < -0.4 is 10.9 Å². The van der Waals surface area contributed by atoms with Crippen molar-refractivity contribution in [3.8, 4) is 0 Å². The fourth-order valence-corrected chi connectivity index (χ4v) is 0.927. The van der Waals surface area contributed by atoms with E-state index in [1.165, 1.54) is 25.7 Å². The van der Waals surface area contributed by atoms with Crippen LogP contribution in [-0.4, -0.2) is 40.4 Å². The molecule has 2 radical (unpaired) electrons. The summed E-state index contributed by atoms with van der Waals surface area (Å²) in [7, 11) is 0. The Morgan fingerprint density at radius 2 is 1.07 bits per heavy atom. The van der Waals surface area contributed by atoms with Crippen molar-refractivity contribution in [3.63, 3.8) is 0 Å². The molecule has 0 aliphatic rings. The summed E-state index contributed by atoms with van der Waals surface area (Å²) in [6.07, 6.45) is 7.24. The Labute approximate surface area is 115 Å². The van der Waals surface area contributed by atoms with Crippen LogP contribution in [0.2, 0.25) is 0 Å². The van der Waals surface area contributed by atoms with Gasteiger partial charge in [0.2, 0.25) is 0 Å². The molecule has 4 N–H and O–H groups in total. The zero-order valence-corrected chi connectivity index (χ0v) is 14.0. The van der Waals surface area contributed by atoms with Gasteiger partial charge in [-0.25, -0.2) is 0 Å². The summed E-state index contributed by atoms with van der Waals surface area (Å²) in [6, 6.07) is 0. The Kier molecular flexibility index (Phi) is 33.9. The minimum absolute atomic E-state index is 0. The fraction of sp³-hybridized carbons (Fsp3) is 1.00. The van der Waals surface area contributed by atoms with Gasteiger partial charge in [-0.15, -0.1) is 0 Å². The maximum atomic E-state index is 6.53. The molecule has 0 saturated carbocycles. The summed E-state index contributed by atoms with van der Waals surface area (Å²) in [5, 5.41) is 0. The first-order valence-corrected chi connectivity index (χ1v) is 5.62. The van der Waals surface area contributed by atoms with Crippen LogP contribution in [0.5, 0.6) is 0 Å². The molecule has 0 unspecified atom stereocenters. The Balaban J connectivity index is -0.000000180. The van der Waals surface area contributed by atoms with Crippen molar-refractivity contribution in [3.05, 3.63) is 11.7 Å². The van der Waals surface area contributed by atoms with E-state index in [0.717, 1.165) is 25.9 Å². The van der Waals surface area contributed by atoms with Crippen molar-refractivity contribution < 1.29 is 0 Å². The van der Waals surface area contributed by atoms with Crippen molar-refractivity contribution >= 4 is 27.3 Å².